The summed E-state index contributed by atoms with van der Waals surface area (Å²) in [4.78, 5) is 16.5. The van der Waals surface area contributed by atoms with Crippen LogP contribution in [0.3, 0.4) is 0 Å². The Morgan fingerprint density at radius 1 is 1.37 bits per heavy atom. The number of hydrogen-bond acceptors (Lipinski definition) is 4. The first kappa shape index (κ1) is 15.4. The summed E-state index contributed by atoms with van der Waals surface area (Å²) in [5.41, 5.74) is 1.52. The molecule has 0 aliphatic rings. The molecule has 1 atom stereocenters. The molecule has 0 radical (unpaired) electrons. The van der Waals surface area contributed by atoms with E-state index >= 15 is 0 Å². The molecule has 0 saturated heterocycles. The van der Waals surface area contributed by atoms with Crippen molar-refractivity contribution in [3.8, 4) is 0 Å². The van der Waals surface area contributed by atoms with Crippen LogP contribution in [0.1, 0.15) is 42.7 Å². The summed E-state index contributed by atoms with van der Waals surface area (Å²) in [6.07, 6.45) is -0.000808. The summed E-state index contributed by atoms with van der Waals surface area (Å²) in [6, 6.07) is 3.58. The second-order valence-electron chi connectivity index (χ2n) is 4.83. The Morgan fingerprint density at radius 3 is 2.58 bits per heavy atom. The van der Waals surface area contributed by atoms with Crippen molar-refractivity contribution in [2.75, 3.05) is 26.0 Å². The lowest BCUT2D eigenvalue weighted by molar-refractivity contribution is 0.0870. The number of nitrogens with one attached hydrogen (secondary N) is 2. The second kappa shape index (κ2) is 7.09. The van der Waals surface area contributed by atoms with Gasteiger partial charge in [0.25, 0.3) is 5.91 Å². The zero-order valence-electron chi connectivity index (χ0n) is 12.3. The van der Waals surface area contributed by atoms with Crippen LogP contribution >= 0.6 is 0 Å². The van der Waals surface area contributed by atoms with Crippen LogP contribution in [0.4, 0.5) is 5.82 Å². The molecule has 5 nitrogen and oxygen atoms in total. The summed E-state index contributed by atoms with van der Waals surface area (Å²) in [7, 11) is 3.42. The van der Waals surface area contributed by atoms with Gasteiger partial charge in [-0.3, -0.25) is 4.79 Å². The molecule has 1 rings (SSSR count). The van der Waals surface area contributed by atoms with Crippen LogP contribution in [0.15, 0.2) is 12.1 Å². The average molecular weight is 265 g/mol. The highest BCUT2D eigenvalue weighted by atomic mass is 16.5. The summed E-state index contributed by atoms with van der Waals surface area (Å²) in [5, 5.41) is 5.83. The summed E-state index contributed by atoms with van der Waals surface area (Å²) < 4.78 is 5.10. The summed E-state index contributed by atoms with van der Waals surface area (Å²) in [6.45, 7) is 6.50. The molecule has 2 N–H and O–H groups in total. The molecule has 0 spiro atoms. The van der Waals surface area contributed by atoms with Gasteiger partial charge in [0.2, 0.25) is 0 Å². The van der Waals surface area contributed by atoms with Crippen LogP contribution in [-0.2, 0) is 4.74 Å². The van der Waals surface area contributed by atoms with E-state index in [2.05, 4.69) is 29.5 Å². The Kier molecular flexibility index (Phi) is 5.76. The minimum atomic E-state index is -0.107. The third-order valence-electron chi connectivity index (χ3n) is 2.91. The van der Waals surface area contributed by atoms with Gasteiger partial charge in [0.1, 0.15) is 5.82 Å². The van der Waals surface area contributed by atoms with Crippen LogP contribution in [0.2, 0.25) is 0 Å². The highest BCUT2D eigenvalue weighted by molar-refractivity contribution is 5.95. The Labute approximate surface area is 114 Å². The Bertz CT molecular complexity index is 433. The number of methoxy groups -OCH3 is 1. The zero-order valence-corrected chi connectivity index (χ0v) is 12.3. The molecule has 1 aromatic rings. The second-order valence-corrected chi connectivity index (χ2v) is 4.83. The number of amides is 1. The van der Waals surface area contributed by atoms with Crippen LogP contribution in [0.5, 0.6) is 0 Å². The third kappa shape index (κ3) is 4.52. The molecule has 1 heterocycles. The van der Waals surface area contributed by atoms with Gasteiger partial charge in [0.15, 0.2) is 0 Å². The molecule has 0 saturated carbocycles. The lowest BCUT2D eigenvalue weighted by atomic mass is 10.1. The largest absolute Gasteiger partial charge is 0.380 e. The van der Waals surface area contributed by atoms with Crippen LogP contribution in [-0.4, -0.2) is 37.7 Å². The molecule has 0 aromatic carbocycles. The molecule has 106 valence electrons. The van der Waals surface area contributed by atoms with Crippen molar-refractivity contribution in [3.05, 3.63) is 23.4 Å². The molecular weight excluding hydrogens is 242 g/mol. The molecule has 1 unspecified atom stereocenters. The minimum Gasteiger partial charge on any atom is -0.380 e. The van der Waals surface area contributed by atoms with Gasteiger partial charge in [-0.1, -0.05) is 13.8 Å². The molecule has 0 aliphatic heterocycles. The standard InChI is InChI=1S/C14H23N3O2/c1-9(2)12-6-11(7-13(15-4)17-12)14(18)16-8-10(3)19-5/h6-7,9-10H,8H2,1-5H3,(H,15,17)(H,16,18). The van der Waals surface area contributed by atoms with Crippen molar-refractivity contribution in [2.45, 2.75) is 32.8 Å². The smallest absolute Gasteiger partial charge is 0.251 e. The first-order valence-electron chi connectivity index (χ1n) is 6.48. The first-order chi connectivity index (χ1) is 8.97. The van der Waals surface area contributed by atoms with Gasteiger partial charge in [-0.15, -0.1) is 0 Å². The van der Waals surface area contributed by atoms with Gasteiger partial charge in [-0.2, -0.15) is 0 Å². The van der Waals surface area contributed by atoms with E-state index in [-0.39, 0.29) is 17.9 Å². The van der Waals surface area contributed by atoms with Gasteiger partial charge in [0, 0.05) is 32.0 Å². The average Bonchev–Trinajstić information content (AvgIpc) is 2.43. The number of pyridine rings is 1. The maximum absolute atomic E-state index is 12.1. The van der Waals surface area contributed by atoms with Gasteiger partial charge in [-0.05, 0) is 25.0 Å². The number of rotatable bonds is 6. The van der Waals surface area contributed by atoms with E-state index in [1.807, 2.05) is 13.0 Å². The number of ether oxygens (including phenoxy) is 1. The summed E-state index contributed by atoms with van der Waals surface area (Å²) in [5.74, 6) is 0.874. The lowest BCUT2D eigenvalue weighted by Gasteiger charge is -2.13. The molecule has 5 heteroatoms. The highest BCUT2D eigenvalue weighted by Gasteiger charge is 2.12. The maximum atomic E-state index is 12.1. The van der Waals surface area contributed by atoms with E-state index in [1.54, 1.807) is 20.2 Å². The Balaban J connectivity index is 2.86. The fourth-order valence-electron chi connectivity index (χ4n) is 1.53. The number of carbonyl (C=O) groups excluding carboxylic acids is 1. The van der Waals surface area contributed by atoms with Crippen molar-refractivity contribution in [3.63, 3.8) is 0 Å². The molecule has 0 aliphatic carbocycles. The van der Waals surface area contributed by atoms with Crippen molar-refractivity contribution in [2.24, 2.45) is 0 Å². The minimum absolute atomic E-state index is 0.000808. The predicted octanol–water partition coefficient (Wildman–Crippen LogP) is 2.01. The van der Waals surface area contributed by atoms with E-state index in [0.717, 1.165) is 5.69 Å². The molecule has 1 amide bonds. The molecule has 1 aromatic heterocycles. The zero-order chi connectivity index (χ0) is 14.4. The monoisotopic (exact) mass is 265 g/mol. The Hall–Kier alpha value is -1.62. The fourth-order valence-corrected chi connectivity index (χ4v) is 1.53. The van der Waals surface area contributed by atoms with Gasteiger partial charge < -0.3 is 15.4 Å². The first-order valence-corrected chi connectivity index (χ1v) is 6.48. The van der Waals surface area contributed by atoms with E-state index in [0.29, 0.717) is 17.9 Å². The van der Waals surface area contributed by atoms with Crippen molar-refractivity contribution in [1.82, 2.24) is 10.3 Å². The summed E-state index contributed by atoms with van der Waals surface area (Å²) >= 11 is 0. The molecule has 0 bridgehead atoms. The van der Waals surface area contributed by atoms with E-state index in [9.17, 15) is 4.79 Å². The Morgan fingerprint density at radius 2 is 2.05 bits per heavy atom. The van der Waals surface area contributed by atoms with Gasteiger partial charge >= 0.3 is 0 Å². The van der Waals surface area contributed by atoms with Crippen LogP contribution < -0.4 is 10.6 Å². The normalized spacial score (nSPS) is 12.3. The highest BCUT2D eigenvalue weighted by Crippen LogP contribution is 2.17. The number of aromatic nitrogens is 1. The quantitative estimate of drug-likeness (QED) is 0.826. The molecule has 0 fully saturated rings. The lowest BCUT2D eigenvalue weighted by Crippen LogP contribution is -2.31. The topological polar surface area (TPSA) is 63.2 Å². The van der Waals surface area contributed by atoms with E-state index in [4.69, 9.17) is 4.74 Å². The third-order valence-corrected chi connectivity index (χ3v) is 2.91. The van der Waals surface area contributed by atoms with Crippen LogP contribution in [0.25, 0.3) is 0 Å². The van der Waals surface area contributed by atoms with Gasteiger partial charge in [-0.25, -0.2) is 4.98 Å². The van der Waals surface area contributed by atoms with Crippen LogP contribution in [0, 0.1) is 0 Å². The fraction of sp³-hybridized carbons (Fsp3) is 0.571. The van der Waals surface area contributed by atoms with Crippen molar-refractivity contribution in [1.29, 1.82) is 0 Å². The van der Waals surface area contributed by atoms with E-state index in [1.165, 1.54) is 0 Å². The number of nitrogens with zero attached hydrogens (tertiary/aromatic N) is 1. The predicted molar refractivity (Wildman–Crippen MR) is 76.7 cm³/mol. The van der Waals surface area contributed by atoms with Crippen molar-refractivity contribution >= 4 is 11.7 Å². The molecule has 19 heavy (non-hydrogen) atoms. The maximum Gasteiger partial charge on any atom is 0.251 e. The number of anilines is 1. The number of carbonyl (C=O) groups is 1. The number of hydrogen-bond donors (Lipinski definition) is 2. The van der Waals surface area contributed by atoms with Gasteiger partial charge in [0.05, 0.1) is 6.10 Å². The SMILES string of the molecule is CNc1cc(C(=O)NCC(C)OC)cc(C(C)C)n1. The van der Waals surface area contributed by atoms with Crippen molar-refractivity contribution < 1.29 is 9.53 Å². The molecular formula is C14H23N3O2. The van der Waals surface area contributed by atoms with E-state index < -0.39 is 0 Å².